The first-order valence-electron chi connectivity index (χ1n) is 7.66. The van der Waals surface area contributed by atoms with Gasteiger partial charge in [0.05, 0.1) is 18.6 Å². The Kier molecular flexibility index (Phi) is 6.46. The zero-order valence-electron chi connectivity index (χ0n) is 13.4. The molecule has 1 aromatic heterocycles. The summed E-state index contributed by atoms with van der Waals surface area (Å²) in [5.74, 6) is 1.58. The van der Waals surface area contributed by atoms with Crippen molar-refractivity contribution in [1.82, 2.24) is 4.98 Å². The normalized spacial score (nSPS) is 10.7. The molecule has 0 amide bonds. The second kappa shape index (κ2) is 8.34. The Morgan fingerprint density at radius 2 is 2.00 bits per heavy atom. The maximum atomic E-state index is 5.93. The summed E-state index contributed by atoms with van der Waals surface area (Å²) >= 11 is 6.81. The highest BCUT2D eigenvalue weighted by molar-refractivity contribution is 7.73. The van der Waals surface area contributed by atoms with E-state index >= 15 is 0 Å². The van der Waals surface area contributed by atoms with Crippen molar-refractivity contribution in [1.29, 1.82) is 0 Å². The number of unbranched alkanes of at least 4 members (excludes halogenated alkanes) is 3. The number of nitrogens with one attached hydrogen (secondary N) is 1. The van der Waals surface area contributed by atoms with E-state index in [1.165, 1.54) is 19.3 Å². The molecule has 0 atom stereocenters. The van der Waals surface area contributed by atoms with Crippen LogP contribution in [0.3, 0.4) is 0 Å². The summed E-state index contributed by atoms with van der Waals surface area (Å²) in [6, 6.07) is 6.04. The molecule has 3 nitrogen and oxygen atoms in total. The Morgan fingerprint density at radius 1 is 1.18 bits per heavy atom. The highest BCUT2D eigenvalue weighted by atomic mass is 32.1. The lowest BCUT2D eigenvalue weighted by Gasteiger charge is -2.12. The number of methoxy groups -OCH3 is 1. The molecule has 0 aliphatic heterocycles. The van der Waals surface area contributed by atoms with Gasteiger partial charge in [-0.15, -0.1) is 11.3 Å². The third-order valence-corrected chi connectivity index (χ3v) is 4.89. The van der Waals surface area contributed by atoms with Gasteiger partial charge in [-0.3, -0.25) is 0 Å². The lowest BCUT2D eigenvalue weighted by Crippen LogP contribution is -1.99. The molecular weight excluding hydrogens is 314 g/mol. The third-order valence-electron chi connectivity index (χ3n) is 3.51. The molecule has 0 saturated carbocycles. The monoisotopic (exact) mass is 337 g/mol. The number of aryl methyl sites for hydroxylation is 1. The molecule has 0 aliphatic rings. The van der Waals surface area contributed by atoms with Crippen molar-refractivity contribution in [3.63, 3.8) is 0 Å². The van der Waals surface area contributed by atoms with E-state index in [1.54, 1.807) is 18.4 Å². The molecule has 0 unspecified atom stereocenters. The molecule has 1 aromatic carbocycles. The molecule has 0 bridgehead atoms. The molecule has 0 spiro atoms. The van der Waals surface area contributed by atoms with Crippen molar-refractivity contribution >= 4 is 23.6 Å². The minimum atomic E-state index is 0.724. The summed E-state index contributed by atoms with van der Waals surface area (Å²) in [6.45, 7) is 4.97. The van der Waals surface area contributed by atoms with Gasteiger partial charge in [-0.1, -0.05) is 26.2 Å². The smallest absolute Gasteiger partial charge is 0.161 e. The van der Waals surface area contributed by atoms with Crippen molar-refractivity contribution in [2.75, 3.05) is 13.7 Å². The second-order valence-electron chi connectivity index (χ2n) is 5.24. The topological polar surface area (TPSA) is 34.2 Å². The van der Waals surface area contributed by atoms with Gasteiger partial charge in [0.25, 0.3) is 0 Å². The molecule has 5 heteroatoms. The number of hydrogen-bond acceptors (Lipinski definition) is 4. The van der Waals surface area contributed by atoms with Crippen LogP contribution in [-0.4, -0.2) is 18.7 Å². The number of ether oxygens (including phenoxy) is 2. The molecule has 0 radical (unpaired) electrons. The van der Waals surface area contributed by atoms with Crippen LogP contribution in [0.2, 0.25) is 0 Å². The molecule has 2 rings (SSSR count). The van der Waals surface area contributed by atoms with Crippen molar-refractivity contribution in [3.05, 3.63) is 27.8 Å². The fourth-order valence-corrected chi connectivity index (χ4v) is 3.56. The number of thiazole rings is 1. The predicted octanol–water partition coefficient (Wildman–Crippen LogP) is 5.75. The average Bonchev–Trinajstić information content (AvgIpc) is 2.85. The van der Waals surface area contributed by atoms with Gasteiger partial charge in [0.15, 0.2) is 15.5 Å². The lowest BCUT2D eigenvalue weighted by atomic mass is 10.1. The van der Waals surface area contributed by atoms with Gasteiger partial charge in [-0.25, -0.2) is 0 Å². The quantitative estimate of drug-likeness (QED) is 0.492. The van der Waals surface area contributed by atoms with E-state index in [-0.39, 0.29) is 0 Å². The number of rotatable bonds is 8. The highest BCUT2D eigenvalue weighted by Gasteiger charge is 2.10. The van der Waals surface area contributed by atoms with Crippen LogP contribution in [0.5, 0.6) is 11.5 Å². The maximum Gasteiger partial charge on any atom is 0.161 e. The Balaban J connectivity index is 2.15. The fourth-order valence-electron chi connectivity index (χ4n) is 2.32. The Labute approximate surface area is 141 Å². The van der Waals surface area contributed by atoms with Crippen LogP contribution in [-0.2, 0) is 0 Å². The second-order valence-corrected chi connectivity index (χ2v) is 6.93. The van der Waals surface area contributed by atoms with E-state index in [0.29, 0.717) is 0 Å². The number of hydrogen-bond donors (Lipinski definition) is 1. The summed E-state index contributed by atoms with van der Waals surface area (Å²) in [7, 11) is 1.67. The number of benzene rings is 1. The SMILES string of the molecule is CCCCCCOc1cc(-c2sc(=S)[nH]c2C)ccc1OC. The van der Waals surface area contributed by atoms with Crippen LogP contribution in [0.15, 0.2) is 18.2 Å². The Bertz CT molecular complexity index is 661. The van der Waals surface area contributed by atoms with Gasteiger partial charge in [-0.2, -0.15) is 0 Å². The van der Waals surface area contributed by atoms with E-state index < -0.39 is 0 Å². The summed E-state index contributed by atoms with van der Waals surface area (Å²) < 4.78 is 12.1. The number of H-pyrrole nitrogens is 1. The molecule has 1 N–H and O–H groups in total. The summed E-state index contributed by atoms with van der Waals surface area (Å²) in [4.78, 5) is 4.34. The fraction of sp³-hybridized carbons (Fsp3) is 0.471. The van der Waals surface area contributed by atoms with Gasteiger partial charge >= 0.3 is 0 Å². The standard InChI is InChI=1S/C17H23NO2S2/c1-4-5-6-7-10-20-15-11-13(8-9-14(15)19-3)16-12(2)18-17(21)22-16/h8-9,11H,4-7,10H2,1-3H3,(H,18,21). The number of aromatic nitrogens is 1. The van der Waals surface area contributed by atoms with Gasteiger partial charge in [0.2, 0.25) is 0 Å². The Hall–Kier alpha value is -1.33. The maximum absolute atomic E-state index is 5.93. The van der Waals surface area contributed by atoms with Crippen LogP contribution in [0.25, 0.3) is 10.4 Å². The van der Waals surface area contributed by atoms with E-state index in [4.69, 9.17) is 21.7 Å². The molecule has 1 heterocycles. The average molecular weight is 338 g/mol. The summed E-state index contributed by atoms with van der Waals surface area (Å²) in [5, 5.41) is 0. The zero-order chi connectivity index (χ0) is 15.9. The van der Waals surface area contributed by atoms with E-state index in [9.17, 15) is 0 Å². The van der Waals surface area contributed by atoms with Crippen LogP contribution in [0.1, 0.15) is 38.3 Å². The van der Waals surface area contributed by atoms with Crippen LogP contribution in [0.4, 0.5) is 0 Å². The van der Waals surface area contributed by atoms with E-state index in [2.05, 4.69) is 11.9 Å². The molecule has 0 fully saturated rings. The van der Waals surface area contributed by atoms with E-state index in [1.807, 2.05) is 25.1 Å². The lowest BCUT2D eigenvalue weighted by molar-refractivity contribution is 0.285. The predicted molar refractivity (Wildman–Crippen MR) is 95.9 cm³/mol. The third kappa shape index (κ3) is 4.34. The molecule has 2 aromatic rings. The summed E-state index contributed by atoms with van der Waals surface area (Å²) in [6.07, 6.45) is 4.77. The molecule has 0 saturated heterocycles. The van der Waals surface area contributed by atoms with Crippen LogP contribution >= 0.6 is 23.6 Å². The van der Waals surface area contributed by atoms with Crippen molar-refractivity contribution < 1.29 is 9.47 Å². The van der Waals surface area contributed by atoms with Crippen molar-refractivity contribution in [2.24, 2.45) is 0 Å². The molecular formula is C17H23NO2S2. The first kappa shape index (κ1) is 17.0. The van der Waals surface area contributed by atoms with E-state index in [0.717, 1.165) is 44.6 Å². The molecule has 120 valence electrons. The van der Waals surface area contributed by atoms with Gasteiger partial charge in [0.1, 0.15) is 0 Å². The minimum Gasteiger partial charge on any atom is -0.493 e. The largest absolute Gasteiger partial charge is 0.493 e. The van der Waals surface area contributed by atoms with Crippen LogP contribution in [0, 0.1) is 10.9 Å². The van der Waals surface area contributed by atoms with Crippen molar-refractivity contribution in [3.8, 4) is 21.9 Å². The molecule has 0 aliphatic carbocycles. The highest BCUT2D eigenvalue weighted by Crippen LogP contribution is 2.35. The van der Waals surface area contributed by atoms with Crippen molar-refractivity contribution in [2.45, 2.75) is 39.5 Å². The molecule has 22 heavy (non-hydrogen) atoms. The first-order chi connectivity index (χ1) is 10.7. The summed E-state index contributed by atoms with van der Waals surface area (Å²) in [5.41, 5.74) is 2.20. The Morgan fingerprint density at radius 3 is 2.64 bits per heavy atom. The minimum absolute atomic E-state index is 0.724. The van der Waals surface area contributed by atoms with Crippen LogP contribution < -0.4 is 9.47 Å². The number of aromatic amines is 1. The van der Waals surface area contributed by atoms with Gasteiger partial charge in [-0.05, 0) is 49.3 Å². The van der Waals surface area contributed by atoms with Gasteiger partial charge < -0.3 is 14.5 Å². The zero-order valence-corrected chi connectivity index (χ0v) is 15.0. The first-order valence-corrected chi connectivity index (χ1v) is 8.89. The van der Waals surface area contributed by atoms with Gasteiger partial charge in [0, 0.05) is 5.69 Å².